The van der Waals surface area contributed by atoms with Gasteiger partial charge in [-0.3, -0.25) is 9.59 Å². The van der Waals surface area contributed by atoms with Crippen molar-refractivity contribution in [3.8, 4) is 11.6 Å². The van der Waals surface area contributed by atoms with Gasteiger partial charge in [-0.1, -0.05) is 29.8 Å². The first-order valence-electron chi connectivity index (χ1n) is 11.0. The van der Waals surface area contributed by atoms with Gasteiger partial charge in [0.2, 0.25) is 5.88 Å². The van der Waals surface area contributed by atoms with Crippen LogP contribution in [-0.4, -0.2) is 62.7 Å². The second-order valence-electron chi connectivity index (χ2n) is 7.42. The van der Waals surface area contributed by atoms with E-state index in [0.29, 0.717) is 5.75 Å². The Balaban J connectivity index is 1.57. The van der Waals surface area contributed by atoms with Crippen molar-refractivity contribution in [2.75, 3.05) is 26.3 Å². The van der Waals surface area contributed by atoms with Crippen LogP contribution in [0.4, 0.5) is 4.79 Å². The zero-order chi connectivity index (χ0) is 27.5. The Labute approximate surface area is 223 Å². The van der Waals surface area contributed by atoms with Crippen LogP contribution in [0.3, 0.4) is 0 Å². The van der Waals surface area contributed by atoms with Gasteiger partial charge in [0.05, 0.1) is 23.7 Å². The largest absolute Gasteiger partial charge is 0.492 e. The molecule has 0 aliphatic rings. The minimum Gasteiger partial charge on any atom is -0.492 e. The number of carbonyl (C=O) groups is 3. The summed E-state index contributed by atoms with van der Waals surface area (Å²) in [6.45, 7) is 0.128. The molecule has 0 unspecified atom stereocenters. The smallest absolute Gasteiger partial charge is 0.414 e. The second kappa shape index (κ2) is 13.4. The monoisotopic (exact) mass is 562 g/mol. The average molecular weight is 563 g/mol. The summed E-state index contributed by atoms with van der Waals surface area (Å²) < 4.78 is 37.6. The lowest BCUT2D eigenvalue weighted by Crippen LogP contribution is -2.31. The van der Waals surface area contributed by atoms with Crippen LogP contribution in [-0.2, 0) is 10.0 Å². The lowest BCUT2D eigenvalue weighted by molar-refractivity contribution is 0.0944. The van der Waals surface area contributed by atoms with E-state index >= 15 is 0 Å². The van der Waals surface area contributed by atoms with Gasteiger partial charge in [-0.2, -0.15) is 0 Å². The highest BCUT2D eigenvalue weighted by atomic mass is 35.5. The van der Waals surface area contributed by atoms with Gasteiger partial charge in [0.15, 0.2) is 0 Å². The maximum absolute atomic E-state index is 12.7. The van der Waals surface area contributed by atoms with Crippen LogP contribution < -0.4 is 24.8 Å². The van der Waals surface area contributed by atoms with Crippen LogP contribution in [0.2, 0.25) is 5.02 Å². The number of hydrogen-bond donors (Lipinski definition) is 4. The zero-order valence-corrected chi connectivity index (χ0v) is 21.3. The molecule has 0 fully saturated rings. The van der Waals surface area contributed by atoms with Crippen LogP contribution >= 0.6 is 11.6 Å². The first-order chi connectivity index (χ1) is 18.2. The quantitative estimate of drug-likeness (QED) is 0.254. The number of para-hydroxylation sites is 1. The number of sulfonamides is 1. The standard InChI is InChI=1S/C24H23ClN4O8S/c25-19-14-16(22(31)26-11-13-36-18-4-2-1-3-5-18)6-8-20(19)38(34,35)29-23(32)17-7-9-21(28-15-17)37-24(33)27-10-12-30/h1-9,14-15,30H,10-13H2,(H,26,31)(H,27,33)(H,29,32). The fourth-order valence-electron chi connectivity index (χ4n) is 2.91. The minimum absolute atomic E-state index is 0.0187. The first kappa shape index (κ1) is 28.4. The minimum atomic E-state index is -4.40. The summed E-state index contributed by atoms with van der Waals surface area (Å²) >= 11 is 6.12. The molecule has 14 heteroatoms. The van der Waals surface area contributed by atoms with Gasteiger partial charge in [0.1, 0.15) is 17.3 Å². The summed E-state index contributed by atoms with van der Waals surface area (Å²) in [7, 11) is -4.40. The Morgan fingerprint density at radius 3 is 2.32 bits per heavy atom. The number of aromatic nitrogens is 1. The molecular weight excluding hydrogens is 540 g/mol. The number of amides is 3. The highest BCUT2D eigenvalue weighted by Crippen LogP contribution is 2.23. The molecule has 200 valence electrons. The highest BCUT2D eigenvalue weighted by Gasteiger charge is 2.23. The molecule has 12 nitrogen and oxygen atoms in total. The third kappa shape index (κ3) is 8.16. The summed E-state index contributed by atoms with van der Waals surface area (Å²) in [6, 6.07) is 15.0. The fourth-order valence-corrected chi connectivity index (χ4v) is 4.43. The first-order valence-corrected chi connectivity index (χ1v) is 12.9. The van der Waals surface area contributed by atoms with E-state index in [4.69, 9.17) is 26.2 Å². The van der Waals surface area contributed by atoms with E-state index in [1.807, 2.05) is 22.9 Å². The number of halogens is 1. The number of nitrogens with one attached hydrogen (secondary N) is 3. The van der Waals surface area contributed by atoms with Gasteiger partial charge in [-0.25, -0.2) is 22.9 Å². The molecule has 3 amide bonds. The van der Waals surface area contributed by atoms with Crippen molar-refractivity contribution in [1.82, 2.24) is 20.3 Å². The van der Waals surface area contributed by atoms with E-state index in [1.165, 1.54) is 24.3 Å². The molecule has 0 radical (unpaired) electrons. The number of rotatable bonds is 11. The number of carbonyl (C=O) groups excluding carboxylic acids is 3. The van der Waals surface area contributed by atoms with Crippen molar-refractivity contribution in [2.24, 2.45) is 0 Å². The maximum Gasteiger partial charge on any atom is 0.414 e. The Morgan fingerprint density at radius 2 is 1.66 bits per heavy atom. The molecule has 1 heterocycles. The summed E-state index contributed by atoms with van der Waals surface area (Å²) in [4.78, 5) is 39.6. The average Bonchev–Trinajstić information content (AvgIpc) is 2.90. The SMILES string of the molecule is O=C(NCCO)Oc1ccc(C(=O)NS(=O)(=O)c2ccc(C(=O)NCCOc3ccccc3)cc2Cl)cn1. The molecule has 1 aromatic heterocycles. The van der Waals surface area contributed by atoms with Crippen LogP contribution in [0.1, 0.15) is 20.7 Å². The van der Waals surface area contributed by atoms with Crippen LogP contribution in [0.5, 0.6) is 11.6 Å². The highest BCUT2D eigenvalue weighted by molar-refractivity contribution is 7.90. The zero-order valence-electron chi connectivity index (χ0n) is 19.7. The van der Waals surface area contributed by atoms with E-state index in [1.54, 1.807) is 12.1 Å². The van der Waals surface area contributed by atoms with E-state index in [2.05, 4.69) is 15.6 Å². The second-order valence-corrected chi connectivity index (χ2v) is 9.48. The Morgan fingerprint density at radius 1 is 0.921 bits per heavy atom. The predicted octanol–water partition coefficient (Wildman–Crippen LogP) is 1.74. The molecule has 2 aromatic carbocycles. The Hall–Kier alpha value is -4.20. The van der Waals surface area contributed by atoms with Crippen molar-refractivity contribution < 1.29 is 37.4 Å². The third-order valence-corrected chi connectivity index (χ3v) is 6.50. The van der Waals surface area contributed by atoms with Crippen molar-refractivity contribution in [2.45, 2.75) is 4.90 Å². The number of nitrogens with zero attached hydrogens (tertiary/aromatic N) is 1. The molecule has 0 aliphatic heterocycles. The lowest BCUT2D eigenvalue weighted by Gasteiger charge is -2.11. The molecular formula is C24H23ClN4O8S. The molecule has 38 heavy (non-hydrogen) atoms. The van der Waals surface area contributed by atoms with Gasteiger partial charge in [-0.05, 0) is 36.4 Å². The van der Waals surface area contributed by atoms with Crippen LogP contribution in [0.25, 0.3) is 0 Å². The van der Waals surface area contributed by atoms with E-state index in [-0.39, 0.29) is 48.3 Å². The van der Waals surface area contributed by atoms with Gasteiger partial charge in [0, 0.05) is 24.4 Å². The summed E-state index contributed by atoms with van der Waals surface area (Å²) in [5.41, 5.74) is -0.0238. The predicted molar refractivity (Wildman–Crippen MR) is 136 cm³/mol. The summed E-state index contributed by atoms with van der Waals surface area (Å²) in [6.07, 6.45) is 0.148. The number of ether oxygens (including phenoxy) is 2. The molecule has 0 saturated carbocycles. The molecule has 0 aliphatic carbocycles. The maximum atomic E-state index is 12.7. The lowest BCUT2D eigenvalue weighted by atomic mass is 10.2. The molecule has 3 rings (SSSR count). The molecule has 0 spiro atoms. The topological polar surface area (TPSA) is 173 Å². The van der Waals surface area contributed by atoms with Gasteiger partial charge < -0.3 is 25.2 Å². The number of aliphatic hydroxyl groups is 1. The van der Waals surface area contributed by atoms with Crippen molar-refractivity contribution in [3.63, 3.8) is 0 Å². The van der Waals surface area contributed by atoms with Gasteiger partial charge in [0.25, 0.3) is 21.8 Å². The number of hydrogen-bond acceptors (Lipinski definition) is 9. The fraction of sp³-hybridized carbons (Fsp3) is 0.167. The van der Waals surface area contributed by atoms with E-state index in [9.17, 15) is 22.8 Å². The number of benzene rings is 2. The van der Waals surface area contributed by atoms with Crippen molar-refractivity contribution >= 4 is 39.5 Å². The van der Waals surface area contributed by atoms with E-state index in [0.717, 1.165) is 12.3 Å². The van der Waals surface area contributed by atoms with Crippen LogP contribution in [0.15, 0.2) is 71.8 Å². The third-order valence-electron chi connectivity index (χ3n) is 4.69. The molecule has 4 N–H and O–H groups in total. The number of aliphatic hydroxyl groups excluding tert-OH is 1. The summed E-state index contributed by atoms with van der Waals surface area (Å²) in [5, 5.41) is 13.3. The number of pyridine rings is 1. The molecule has 3 aromatic rings. The molecule has 0 atom stereocenters. The molecule has 0 saturated heterocycles. The van der Waals surface area contributed by atoms with Gasteiger partial charge in [-0.15, -0.1) is 0 Å². The Kier molecular flexibility index (Phi) is 9.99. The van der Waals surface area contributed by atoms with Crippen molar-refractivity contribution in [3.05, 3.63) is 83.0 Å². The molecule has 0 bridgehead atoms. The summed E-state index contributed by atoms with van der Waals surface area (Å²) in [5.74, 6) is -0.994. The van der Waals surface area contributed by atoms with Crippen LogP contribution in [0, 0.1) is 0 Å². The Bertz CT molecular complexity index is 1390. The van der Waals surface area contributed by atoms with Crippen molar-refractivity contribution in [1.29, 1.82) is 0 Å². The normalized spacial score (nSPS) is 10.8. The van der Waals surface area contributed by atoms with E-state index < -0.39 is 32.8 Å². The van der Waals surface area contributed by atoms with Gasteiger partial charge >= 0.3 is 6.09 Å².